The van der Waals surface area contributed by atoms with Crippen LogP contribution in [0.5, 0.6) is 0 Å². The maximum Gasteiger partial charge on any atom is 0.0476 e. The Morgan fingerprint density at radius 2 is 0.935 bits per heavy atom. The van der Waals surface area contributed by atoms with Gasteiger partial charge in [-0.15, -0.1) is 22.7 Å². The molecule has 0 unspecified atom stereocenters. The van der Waals surface area contributed by atoms with Gasteiger partial charge in [0.05, 0.1) is 0 Å². The molecular formula is C43H29NS2. The van der Waals surface area contributed by atoms with Crippen molar-refractivity contribution in [2.45, 2.75) is 6.92 Å². The molecular weight excluding hydrogens is 595 g/mol. The van der Waals surface area contributed by atoms with Gasteiger partial charge in [0.2, 0.25) is 0 Å². The summed E-state index contributed by atoms with van der Waals surface area (Å²) in [6.07, 6.45) is 0. The van der Waals surface area contributed by atoms with Gasteiger partial charge >= 0.3 is 0 Å². The van der Waals surface area contributed by atoms with Crippen molar-refractivity contribution in [3.8, 4) is 22.3 Å². The van der Waals surface area contributed by atoms with E-state index >= 15 is 0 Å². The third-order valence-electron chi connectivity index (χ3n) is 8.88. The second-order valence-corrected chi connectivity index (χ2v) is 14.1. The van der Waals surface area contributed by atoms with Gasteiger partial charge in [-0.25, -0.2) is 0 Å². The fourth-order valence-corrected chi connectivity index (χ4v) is 8.92. The molecule has 46 heavy (non-hydrogen) atoms. The number of rotatable bonds is 5. The Bertz CT molecular complexity index is 2540. The van der Waals surface area contributed by atoms with E-state index in [0.717, 1.165) is 17.1 Å². The van der Waals surface area contributed by atoms with Gasteiger partial charge in [0.1, 0.15) is 0 Å². The molecule has 0 saturated heterocycles. The molecule has 0 aliphatic carbocycles. The average Bonchev–Trinajstić information content (AvgIpc) is 3.66. The van der Waals surface area contributed by atoms with Crippen molar-refractivity contribution >= 4 is 80.1 Å². The second-order valence-electron chi connectivity index (χ2n) is 11.9. The van der Waals surface area contributed by atoms with Gasteiger partial charge in [-0.3, -0.25) is 0 Å². The number of anilines is 3. The van der Waals surface area contributed by atoms with Crippen molar-refractivity contribution in [2.24, 2.45) is 0 Å². The Hall–Kier alpha value is -5.22. The minimum Gasteiger partial charge on any atom is -0.310 e. The van der Waals surface area contributed by atoms with Crippen molar-refractivity contribution in [3.63, 3.8) is 0 Å². The average molecular weight is 624 g/mol. The fraction of sp³-hybridized carbons (Fsp3) is 0.0233. The normalized spacial score (nSPS) is 11.6. The number of aryl methyl sites for hydroxylation is 1. The topological polar surface area (TPSA) is 3.24 Å². The second kappa shape index (κ2) is 11.0. The molecule has 7 aromatic carbocycles. The van der Waals surface area contributed by atoms with Crippen molar-refractivity contribution in [1.82, 2.24) is 0 Å². The number of hydrogen-bond acceptors (Lipinski definition) is 3. The van der Waals surface area contributed by atoms with Gasteiger partial charge in [0.15, 0.2) is 0 Å². The molecule has 0 atom stereocenters. The Balaban J connectivity index is 1.21. The molecule has 1 nitrogen and oxygen atoms in total. The Morgan fingerprint density at radius 3 is 1.72 bits per heavy atom. The summed E-state index contributed by atoms with van der Waals surface area (Å²) in [6.45, 7) is 2.21. The Kier molecular flexibility index (Phi) is 6.48. The lowest BCUT2D eigenvalue weighted by molar-refractivity contribution is 1.28. The van der Waals surface area contributed by atoms with E-state index in [4.69, 9.17) is 0 Å². The molecule has 0 saturated carbocycles. The van der Waals surface area contributed by atoms with Gasteiger partial charge in [-0.2, -0.15) is 0 Å². The molecule has 0 bridgehead atoms. The van der Waals surface area contributed by atoms with Gasteiger partial charge in [-0.1, -0.05) is 97.1 Å². The first-order valence-electron chi connectivity index (χ1n) is 15.6. The lowest BCUT2D eigenvalue weighted by Crippen LogP contribution is -2.10. The zero-order valence-corrected chi connectivity index (χ0v) is 26.9. The minimum atomic E-state index is 1.14. The highest BCUT2D eigenvalue weighted by Crippen LogP contribution is 2.43. The van der Waals surface area contributed by atoms with E-state index in [1.165, 1.54) is 68.2 Å². The highest BCUT2D eigenvalue weighted by Gasteiger charge is 2.17. The third kappa shape index (κ3) is 4.68. The predicted molar refractivity (Wildman–Crippen MR) is 203 cm³/mol. The molecule has 0 fully saturated rings. The highest BCUT2D eigenvalue weighted by molar-refractivity contribution is 7.26. The van der Waals surface area contributed by atoms with Crippen LogP contribution in [0, 0.1) is 6.92 Å². The molecule has 0 N–H and O–H groups in total. The fourth-order valence-electron chi connectivity index (χ4n) is 6.70. The summed E-state index contributed by atoms with van der Waals surface area (Å²) in [6, 6.07) is 57.9. The molecule has 0 aliphatic heterocycles. The molecule has 2 heterocycles. The van der Waals surface area contributed by atoms with E-state index in [1.807, 2.05) is 22.7 Å². The van der Waals surface area contributed by atoms with E-state index in [-0.39, 0.29) is 0 Å². The molecule has 9 aromatic rings. The van der Waals surface area contributed by atoms with Crippen molar-refractivity contribution in [2.75, 3.05) is 4.90 Å². The zero-order valence-electron chi connectivity index (χ0n) is 25.3. The quantitative estimate of drug-likeness (QED) is 0.184. The van der Waals surface area contributed by atoms with Crippen molar-refractivity contribution in [1.29, 1.82) is 0 Å². The van der Waals surface area contributed by atoms with Crippen LogP contribution in [0.3, 0.4) is 0 Å². The molecule has 0 amide bonds. The van der Waals surface area contributed by atoms with Crippen LogP contribution in [0.15, 0.2) is 158 Å². The highest BCUT2D eigenvalue weighted by atomic mass is 32.1. The molecule has 0 spiro atoms. The van der Waals surface area contributed by atoms with Crippen LogP contribution in [0.4, 0.5) is 17.1 Å². The smallest absolute Gasteiger partial charge is 0.0476 e. The van der Waals surface area contributed by atoms with E-state index in [1.54, 1.807) is 0 Å². The van der Waals surface area contributed by atoms with Crippen LogP contribution < -0.4 is 4.90 Å². The van der Waals surface area contributed by atoms with Crippen LogP contribution in [0.1, 0.15) is 5.56 Å². The van der Waals surface area contributed by atoms with Crippen LogP contribution in [-0.4, -0.2) is 0 Å². The summed E-state index contributed by atoms with van der Waals surface area (Å²) in [5, 5.41) is 5.28. The Labute approximate surface area is 276 Å². The largest absolute Gasteiger partial charge is 0.310 e. The van der Waals surface area contributed by atoms with Gasteiger partial charge in [0.25, 0.3) is 0 Å². The van der Waals surface area contributed by atoms with E-state index < -0.39 is 0 Å². The van der Waals surface area contributed by atoms with Crippen LogP contribution in [-0.2, 0) is 0 Å². The SMILES string of the molecule is Cc1cc(-c2ccc3sc4ccccc4c3c2)cc(N(c2ccc(-c3ccccc3)cc2)c2ccc3c(c2)sc2ccccc23)c1. The molecule has 0 aliphatic rings. The summed E-state index contributed by atoms with van der Waals surface area (Å²) in [4.78, 5) is 2.41. The van der Waals surface area contributed by atoms with Gasteiger partial charge in [0, 0.05) is 57.4 Å². The first-order valence-corrected chi connectivity index (χ1v) is 17.2. The summed E-state index contributed by atoms with van der Waals surface area (Å²) >= 11 is 3.73. The maximum atomic E-state index is 2.41. The number of nitrogens with zero attached hydrogens (tertiary/aromatic N) is 1. The summed E-state index contributed by atoms with van der Waals surface area (Å²) in [5.74, 6) is 0. The summed E-state index contributed by atoms with van der Waals surface area (Å²) < 4.78 is 5.28. The van der Waals surface area contributed by atoms with Crippen molar-refractivity contribution < 1.29 is 0 Å². The standard InChI is InChI=1S/C43H29NS2/c1-28-23-32(31-17-22-42-39(26-31)37-12-6-8-14-41(37)45-42)25-35(24-28)44(33-18-15-30(16-19-33)29-9-3-2-4-10-29)34-20-21-38-36-11-5-7-13-40(36)46-43(38)27-34/h2-27H,1H3. The maximum absolute atomic E-state index is 2.41. The predicted octanol–water partition coefficient (Wildman–Crippen LogP) is 13.5. The first-order chi connectivity index (χ1) is 22.7. The van der Waals surface area contributed by atoms with Crippen LogP contribution >= 0.6 is 22.7 Å². The zero-order chi connectivity index (χ0) is 30.6. The monoisotopic (exact) mass is 623 g/mol. The number of benzene rings is 7. The van der Waals surface area contributed by atoms with E-state index in [0.29, 0.717) is 0 Å². The number of thiophene rings is 2. The Morgan fingerprint density at radius 1 is 0.348 bits per heavy atom. The lowest BCUT2D eigenvalue weighted by atomic mass is 9.99. The van der Waals surface area contributed by atoms with Gasteiger partial charge < -0.3 is 4.90 Å². The molecule has 2 aromatic heterocycles. The number of hydrogen-bond donors (Lipinski definition) is 0. The summed E-state index contributed by atoms with van der Waals surface area (Å²) in [7, 11) is 0. The van der Waals surface area contributed by atoms with Crippen LogP contribution in [0.25, 0.3) is 62.6 Å². The first kappa shape index (κ1) is 27.1. The van der Waals surface area contributed by atoms with Crippen LogP contribution in [0.2, 0.25) is 0 Å². The third-order valence-corrected chi connectivity index (χ3v) is 11.2. The molecule has 0 radical (unpaired) electrons. The van der Waals surface area contributed by atoms with E-state index in [9.17, 15) is 0 Å². The van der Waals surface area contributed by atoms with E-state index in [2.05, 4.69) is 170 Å². The van der Waals surface area contributed by atoms with Crippen molar-refractivity contribution in [3.05, 3.63) is 163 Å². The number of fused-ring (bicyclic) bond motifs is 6. The van der Waals surface area contributed by atoms with Gasteiger partial charge in [-0.05, 0) is 95.4 Å². The molecule has 9 rings (SSSR count). The molecule has 218 valence electrons. The lowest BCUT2D eigenvalue weighted by Gasteiger charge is -2.27. The summed E-state index contributed by atoms with van der Waals surface area (Å²) in [5.41, 5.74) is 9.57. The molecule has 3 heteroatoms. The minimum absolute atomic E-state index is 1.14.